The van der Waals surface area contributed by atoms with E-state index in [0.29, 0.717) is 0 Å². The van der Waals surface area contributed by atoms with Crippen LogP contribution < -0.4 is 0 Å². The number of hydrogen-bond acceptors (Lipinski definition) is 0. The summed E-state index contributed by atoms with van der Waals surface area (Å²) in [6, 6.07) is 15.1. The first-order valence-electron chi connectivity index (χ1n) is 8.34. The average Bonchev–Trinajstić information content (AvgIpc) is 2.60. The van der Waals surface area contributed by atoms with Gasteiger partial charge in [0.25, 0.3) is 0 Å². The van der Waals surface area contributed by atoms with Gasteiger partial charge in [0.1, 0.15) is 17.5 Å². The SMILES string of the molecule is CCCc1ccc(-c2ccc(-c3cc(F)c(C)c(F)c3)c(F)c2)cc1. The molecule has 0 saturated heterocycles. The Hall–Kier alpha value is -2.55. The molecule has 3 heteroatoms. The van der Waals surface area contributed by atoms with E-state index in [2.05, 4.69) is 6.92 Å². The fraction of sp³-hybridized carbons (Fsp3) is 0.182. The fourth-order valence-corrected chi connectivity index (χ4v) is 2.88. The van der Waals surface area contributed by atoms with Crippen LogP contribution in [0.5, 0.6) is 0 Å². The van der Waals surface area contributed by atoms with E-state index in [1.54, 1.807) is 12.1 Å². The second-order valence-electron chi connectivity index (χ2n) is 6.21. The minimum absolute atomic E-state index is 0.0621. The molecule has 0 radical (unpaired) electrons. The van der Waals surface area contributed by atoms with Gasteiger partial charge >= 0.3 is 0 Å². The van der Waals surface area contributed by atoms with Gasteiger partial charge in [-0.15, -0.1) is 0 Å². The molecule has 0 aliphatic heterocycles. The molecule has 3 aromatic rings. The molecule has 0 unspecified atom stereocenters. The van der Waals surface area contributed by atoms with Gasteiger partial charge in [0.15, 0.2) is 0 Å². The summed E-state index contributed by atoms with van der Waals surface area (Å²) in [5.74, 6) is -1.85. The molecule has 128 valence electrons. The normalized spacial score (nSPS) is 10.9. The van der Waals surface area contributed by atoms with Crippen molar-refractivity contribution >= 4 is 0 Å². The minimum Gasteiger partial charge on any atom is -0.207 e. The minimum atomic E-state index is -0.676. The van der Waals surface area contributed by atoms with Gasteiger partial charge in [0.2, 0.25) is 0 Å². The molecule has 0 N–H and O–H groups in total. The Morgan fingerprint density at radius 3 is 1.80 bits per heavy atom. The van der Waals surface area contributed by atoms with Crippen molar-refractivity contribution in [3.63, 3.8) is 0 Å². The maximum atomic E-state index is 14.5. The third-order valence-corrected chi connectivity index (χ3v) is 4.39. The van der Waals surface area contributed by atoms with E-state index in [4.69, 9.17) is 0 Å². The van der Waals surface area contributed by atoms with E-state index in [0.717, 1.165) is 36.1 Å². The molecular weight excluding hydrogens is 321 g/mol. The van der Waals surface area contributed by atoms with Gasteiger partial charge in [-0.1, -0.05) is 49.7 Å². The molecule has 0 saturated carbocycles. The molecule has 0 spiro atoms. The first kappa shape index (κ1) is 17.3. The lowest BCUT2D eigenvalue weighted by Gasteiger charge is -2.09. The van der Waals surface area contributed by atoms with Gasteiger partial charge in [-0.2, -0.15) is 0 Å². The molecular formula is C22H19F3. The van der Waals surface area contributed by atoms with Gasteiger partial charge in [0, 0.05) is 11.1 Å². The highest BCUT2D eigenvalue weighted by atomic mass is 19.1. The van der Waals surface area contributed by atoms with E-state index in [-0.39, 0.29) is 16.7 Å². The van der Waals surface area contributed by atoms with Crippen LogP contribution in [0.15, 0.2) is 54.6 Å². The number of aryl methyl sites for hydroxylation is 1. The second kappa shape index (κ2) is 7.14. The summed E-state index contributed by atoms with van der Waals surface area (Å²) >= 11 is 0. The third kappa shape index (κ3) is 3.60. The van der Waals surface area contributed by atoms with Crippen molar-refractivity contribution in [2.45, 2.75) is 26.7 Å². The standard InChI is InChI=1S/C22H19F3/c1-3-4-15-5-7-16(8-6-15)17-9-10-19(22(25)11-17)18-12-20(23)14(2)21(24)13-18/h5-13H,3-4H2,1-2H3. The predicted molar refractivity (Wildman–Crippen MR) is 95.9 cm³/mol. The van der Waals surface area contributed by atoms with Crippen LogP contribution in [-0.2, 0) is 6.42 Å². The van der Waals surface area contributed by atoms with Crippen molar-refractivity contribution in [3.05, 3.63) is 83.2 Å². The van der Waals surface area contributed by atoms with Crippen molar-refractivity contribution in [2.24, 2.45) is 0 Å². The van der Waals surface area contributed by atoms with Crippen molar-refractivity contribution in [1.82, 2.24) is 0 Å². The topological polar surface area (TPSA) is 0 Å². The van der Waals surface area contributed by atoms with Crippen LogP contribution in [0.1, 0.15) is 24.5 Å². The molecule has 3 rings (SSSR count). The number of halogens is 3. The lowest BCUT2D eigenvalue weighted by atomic mass is 9.97. The van der Waals surface area contributed by atoms with Crippen molar-refractivity contribution < 1.29 is 13.2 Å². The first-order valence-corrected chi connectivity index (χ1v) is 8.34. The lowest BCUT2D eigenvalue weighted by Crippen LogP contribution is -1.93. The smallest absolute Gasteiger partial charge is 0.131 e. The first-order chi connectivity index (χ1) is 12.0. The maximum absolute atomic E-state index is 14.5. The van der Waals surface area contributed by atoms with Crippen LogP contribution in [0.2, 0.25) is 0 Å². The van der Waals surface area contributed by atoms with E-state index in [1.165, 1.54) is 18.6 Å². The van der Waals surface area contributed by atoms with Crippen LogP contribution in [0.25, 0.3) is 22.3 Å². The molecule has 0 heterocycles. The zero-order chi connectivity index (χ0) is 18.0. The Labute approximate surface area is 146 Å². The molecule has 0 amide bonds. The zero-order valence-corrected chi connectivity index (χ0v) is 14.2. The van der Waals surface area contributed by atoms with Gasteiger partial charge in [-0.05, 0) is 53.8 Å². The Balaban J connectivity index is 1.96. The summed E-state index contributed by atoms with van der Waals surface area (Å²) in [6.45, 7) is 3.48. The Kier molecular flexibility index (Phi) is 4.93. The van der Waals surface area contributed by atoms with E-state index < -0.39 is 17.5 Å². The van der Waals surface area contributed by atoms with Gasteiger partial charge < -0.3 is 0 Å². The summed E-state index contributed by atoms with van der Waals surface area (Å²) in [5, 5.41) is 0. The molecule has 0 aliphatic carbocycles. The highest BCUT2D eigenvalue weighted by molar-refractivity contribution is 5.71. The van der Waals surface area contributed by atoms with E-state index >= 15 is 0 Å². The maximum Gasteiger partial charge on any atom is 0.131 e. The quantitative estimate of drug-likeness (QED) is 0.496. The van der Waals surface area contributed by atoms with Crippen LogP contribution in [0.4, 0.5) is 13.2 Å². The largest absolute Gasteiger partial charge is 0.207 e. The summed E-state index contributed by atoms with van der Waals surface area (Å²) in [5.41, 5.74) is 3.21. The van der Waals surface area contributed by atoms with Crippen molar-refractivity contribution in [1.29, 1.82) is 0 Å². The lowest BCUT2D eigenvalue weighted by molar-refractivity contribution is 0.568. The van der Waals surface area contributed by atoms with Crippen LogP contribution >= 0.6 is 0 Å². The second-order valence-corrected chi connectivity index (χ2v) is 6.21. The number of rotatable bonds is 4. The Morgan fingerprint density at radius 1 is 0.680 bits per heavy atom. The Morgan fingerprint density at radius 2 is 1.24 bits per heavy atom. The molecule has 0 aliphatic rings. The van der Waals surface area contributed by atoms with Crippen LogP contribution in [-0.4, -0.2) is 0 Å². The van der Waals surface area contributed by atoms with Crippen LogP contribution in [0, 0.1) is 24.4 Å². The molecule has 0 aromatic heterocycles. The van der Waals surface area contributed by atoms with Crippen molar-refractivity contribution in [2.75, 3.05) is 0 Å². The third-order valence-electron chi connectivity index (χ3n) is 4.39. The summed E-state index contributed by atoms with van der Waals surface area (Å²) < 4.78 is 42.0. The molecule has 0 fully saturated rings. The molecule has 0 nitrogen and oxygen atoms in total. The summed E-state index contributed by atoms with van der Waals surface area (Å²) in [6.07, 6.45) is 2.09. The molecule has 3 aromatic carbocycles. The van der Waals surface area contributed by atoms with Gasteiger partial charge in [-0.25, -0.2) is 13.2 Å². The monoisotopic (exact) mass is 340 g/mol. The van der Waals surface area contributed by atoms with Crippen LogP contribution in [0.3, 0.4) is 0 Å². The Bertz CT molecular complexity index is 873. The van der Waals surface area contributed by atoms with Gasteiger partial charge in [-0.3, -0.25) is 0 Å². The fourth-order valence-electron chi connectivity index (χ4n) is 2.88. The highest BCUT2D eigenvalue weighted by Crippen LogP contribution is 2.30. The van der Waals surface area contributed by atoms with Gasteiger partial charge in [0.05, 0.1) is 0 Å². The zero-order valence-electron chi connectivity index (χ0n) is 14.2. The van der Waals surface area contributed by atoms with E-state index in [1.807, 2.05) is 24.3 Å². The highest BCUT2D eigenvalue weighted by Gasteiger charge is 2.12. The molecule has 25 heavy (non-hydrogen) atoms. The summed E-state index contributed by atoms with van der Waals surface area (Å²) in [7, 11) is 0. The van der Waals surface area contributed by atoms with E-state index in [9.17, 15) is 13.2 Å². The summed E-state index contributed by atoms with van der Waals surface area (Å²) in [4.78, 5) is 0. The van der Waals surface area contributed by atoms with Crippen molar-refractivity contribution in [3.8, 4) is 22.3 Å². The number of benzene rings is 3. The molecule has 0 atom stereocenters. The molecule has 0 bridgehead atoms. The predicted octanol–water partition coefficient (Wildman–Crippen LogP) is 6.70. The average molecular weight is 340 g/mol. The number of hydrogen-bond donors (Lipinski definition) is 0.